The molecule has 1 saturated heterocycles. The Morgan fingerprint density at radius 1 is 1.32 bits per heavy atom. The zero-order chi connectivity index (χ0) is 20.0. The van der Waals surface area contributed by atoms with Crippen LogP contribution in [0.4, 0.5) is 0 Å². The number of carbonyl (C=O) groups excluding carboxylic acids is 1. The van der Waals surface area contributed by atoms with E-state index in [1.54, 1.807) is 11.0 Å². The first kappa shape index (κ1) is 18.9. The lowest BCUT2D eigenvalue weighted by atomic mass is 10.1. The lowest BCUT2D eigenvalue weighted by molar-refractivity contribution is 0.0743. The largest absolute Gasteiger partial charge is 0.334 e. The summed E-state index contributed by atoms with van der Waals surface area (Å²) in [6, 6.07) is 1.74. The molecule has 1 amide bonds. The average molecular weight is 385 g/mol. The predicted molar refractivity (Wildman–Crippen MR) is 107 cm³/mol. The lowest BCUT2D eigenvalue weighted by Gasteiger charge is -2.24. The minimum atomic E-state index is -0.554. The van der Waals surface area contributed by atoms with E-state index in [9.17, 15) is 14.4 Å². The summed E-state index contributed by atoms with van der Waals surface area (Å²) in [5, 5.41) is 0.206. The molecule has 0 radical (unpaired) electrons. The van der Waals surface area contributed by atoms with E-state index in [0.29, 0.717) is 36.8 Å². The van der Waals surface area contributed by atoms with Gasteiger partial charge in [0.15, 0.2) is 5.65 Å². The molecule has 0 bridgehead atoms. The maximum Gasteiger partial charge on any atom is 0.330 e. The molecule has 1 saturated carbocycles. The van der Waals surface area contributed by atoms with Gasteiger partial charge in [-0.15, -0.1) is 0 Å². The van der Waals surface area contributed by atoms with E-state index in [4.69, 9.17) is 5.73 Å². The Labute approximate surface area is 162 Å². The number of nitrogens with one attached hydrogen (secondary N) is 1. The number of pyridine rings is 1. The fraction of sp³-hybridized carbons (Fsp3) is 0.600. The third kappa shape index (κ3) is 3.26. The summed E-state index contributed by atoms with van der Waals surface area (Å²) in [5.74, 6) is 0.293. The molecule has 2 fully saturated rings. The van der Waals surface area contributed by atoms with Crippen LogP contribution < -0.4 is 17.0 Å². The highest BCUT2D eigenvalue weighted by Crippen LogP contribution is 2.40. The number of H-pyrrole nitrogens is 1. The number of aromatic amines is 1. The number of hydrogen-bond donors (Lipinski definition) is 2. The molecule has 1 aliphatic carbocycles. The third-order valence-electron chi connectivity index (χ3n) is 5.65. The minimum Gasteiger partial charge on any atom is -0.334 e. The van der Waals surface area contributed by atoms with Crippen molar-refractivity contribution in [1.82, 2.24) is 19.4 Å². The molecule has 2 aliphatic rings. The summed E-state index contributed by atoms with van der Waals surface area (Å²) in [6.45, 7) is 5.45. The molecule has 2 aromatic heterocycles. The molecule has 0 aromatic carbocycles. The zero-order valence-corrected chi connectivity index (χ0v) is 16.4. The molecular formula is C20H27N5O3. The van der Waals surface area contributed by atoms with Crippen LogP contribution >= 0.6 is 0 Å². The monoisotopic (exact) mass is 385 g/mol. The Balaban J connectivity index is 1.96. The van der Waals surface area contributed by atoms with Gasteiger partial charge in [0.2, 0.25) is 0 Å². The van der Waals surface area contributed by atoms with Gasteiger partial charge in [0.25, 0.3) is 11.5 Å². The van der Waals surface area contributed by atoms with Crippen LogP contribution in [0.1, 0.15) is 61.5 Å². The Kier molecular flexibility index (Phi) is 4.82. The molecule has 3 heterocycles. The third-order valence-corrected chi connectivity index (χ3v) is 5.65. The van der Waals surface area contributed by atoms with E-state index in [1.165, 1.54) is 4.57 Å². The van der Waals surface area contributed by atoms with Crippen LogP contribution in [-0.4, -0.2) is 44.5 Å². The highest BCUT2D eigenvalue weighted by Gasteiger charge is 2.33. The molecule has 150 valence electrons. The van der Waals surface area contributed by atoms with E-state index in [1.807, 2.05) is 13.8 Å². The summed E-state index contributed by atoms with van der Waals surface area (Å²) in [5.41, 5.74) is 6.27. The van der Waals surface area contributed by atoms with Gasteiger partial charge in [-0.25, -0.2) is 9.78 Å². The van der Waals surface area contributed by atoms with Crippen LogP contribution in [-0.2, 0) is 6.54 Å². The van der Waals surface area contributed by atoms with E-state index < -0.39 is 11.2 Å². The SMILES string of the molecule is CC(C)Cn1c(=O)[nH]c(=O)c2c(C(=O)N3CCCC3CN)cc(C3CC3)nc21. The summed E-state index contributed by atoms with van der Waals surface area (Å²) < 4.78 is 1.49. The molecule has 8 nitrogen and oxygen atoms in total. The Bertz CT molecular complexity index is 1030. The van der Waals surface area contributed by atoms with Crippen molar-refractivity contribution in [1.29, 1.82) is 0 Å². The Morgan fingerprint density at radius 2 is 2.07 bits per heavy atom. The van der Waals surface area contributed by atoms with Crippen LogP contribution in [0.3, 0.4) is 0 Å². The van der Waals surface area contributed by atoms with Gasteiger partial charge in [-0.2, -0.15) is 0 Å². The predicted octanol–water partition coefficient (Wildman–Crippen LogP) is 1.18. The fourth-order valence-electron chi connectivity index (χ4n) is 4.09. The van der Waals surface area contributed by atoms with Gasteiger partial charge >= 0.3 is 5.69 Å². The van der Waals surface area contributed by atoms with Crippen LogP contribution in [0.25, 0.3) is 11.0 Å². The van der Waals surface area contributed by atoms with Crippen molar-refractivity contribution in [3.8, 4) is 0 Å². The number of carbonyl (C=O) groups is 1. The molecule has 4 rings (SSSR count). The first-order valence-corrected chi connectivity index (χ1v) is 10.1. The molecule has 2 aromatic rings. The van der Waals surface area contributed by atoms with Crippen molar-refractivity contribution in [3.63, 3.8) is 0 Å². The number of aromatic nitrogens is 3. The van der Waals surface area contributed by atoms with Crippen LogP contribution in [0.5, 0.6) is 0 Å². The quantitative estimate of drug-likeness (QED) is 0.802. The van der Waals surface area contributed by atoms with Crippen LogP contribution in [0.2, 0.25) is 0 Å². The van der Waals surface area contributed by atoms with Crippen molar-refractivity contribution in [2.24, 2.45) is 11.7 Å². The van der Waals surface area contributed by atoms with Gasteiger partial charge in [-0.05, 0) is 37.7 Å². The van der Waals surface area contributed by atoms with Gasteiger partial charge in [0.1, 0.15) is 0 Å². The van der Waals surface area contributed by atoms with Crippen molar-refractivity contribution in [3.05, 3.63) is 38.2 Å². The molecule has 8 heteroatoms. The number of likely N-dealkylation sites (tertiary alicyclic amines) is 1. The summed E-state index contributed by atoms with van der Waals surface area (Å²) in [7, 11) is 0. The first-order chi connectivity index (χ1) is 13.4. The highest BCUT2D eigenvalue weighted by molar-refractivity contribution is 6.05. The summed E-state index contributed by atoms with van der Waals surface area (Å²) >= 11 is 0. The van der Waals surface area contributed by atoms with Gasteiger partial charge < -0.3 is 10.6 Å². The summed E-state index contributed by atoms with van der Waals surface area (Å²) in [6.07, 6.45) is 3.80. The highest BCUT2D eigenvalue weighted by atomic mass is 16.2. The minimum absolute atomic E-state index is 0.0132. The average Bonchev–Trinajstić information content (AvgIpc) is 3.40. The van der Waals surface area contributed by atoms with Gasteiger partial charge in [-0.1, -0.05) is 13.8 Å². The Morgan fingerprint density at radius 3 is 2.71 bits per heavy atom. The fourth-order valence-corrected chi connectivity index (χ4v) is 4.09. The number of rotatable bonds is 5. The maximum absolute atomic E-state index is 13.4. The van der Waals surface area contributed by atoms with Crippen molar-refractivity contribution in [2.45, 2.75) is 58.0 Å². The molecular weight excluding hydrogens is 358 g/mol. The van der Waals surface area contributed by atoms with Crippen LogP contribution in [0.15, 0.2) is 15.7 Å². The van der Waals surface area contributed by atoms with Crippen molar-refractivity contribution in [2.75, 3.05) is 13.1 Å². The number of fused-ring (bicyclic) bond motifs is 1. The maximum atomic E-state index is 13.4. The van der Waals surface area contributed by atoms with E-state index in [-0.39, 0.29) is 23.3 Å². The second-order valence-electron chi connectivity index (χ2n) is 8.36. The first-order valence-electron chi connectivity index (χ1n) is 10.1. The van der Waals surface area contributed by atoms with Crippen molar-refractivity contribution < 1.29 is 4.79 Å². The van der Waals surface area contributed by atoms with Crippen molar-refractivity contribution >= 4 is 16.9 Å². The summed E-state index contributed by atoms with van der Waals surface area (Å²) in [4.78, 5) is 47.4. The number of nitrogens with zero attached hydrogens (tertiary/aromatic N) is 3. The lowest BCUT2D eigenvalue weighted by Crippen LogP contribution is -2.41. The van der Waals surface area contributed by atoms with Gasteiger partial charge in [0, 0.05) is 37.3 Å². The molecule has 28 heavy (non-hydrogen) atoms. The number of amides is 1. The topological polar surface area (TPSA) is 114 Å². The smallest absolute Gasteiger partial charge is 0.330 e. The van der Waals surface area contributed by atoms with Gasteiger partial charge in [0.05, 0.1) is 10.9 Å². The second kappa shape index (κ2) is 7.16. The normalized spacial score (nSPS) is 19.7. The van der Waals surface area contributed by atoms with E-state index >= 15 is 0 Å². The van der Waals surface area contributed by atoms with E-state index in [0.717, 1.165) is 31.4 Å². The molecule has 3 N–H and O–H groups in total. The molecule has 0 spiro atoms. The standard InChI is InChI=1S/C20H27N5O3/c1-11(2)10-25-17-16(18(26)23-20(25)28)14(8-15(22-17)12-5-6-12)19(27)24-7-3-4-13(24)9-21/h8,11-13H,3-7,9-10,21H2,1-2H3,(H,23,26,28). The molecule has 1 aliphatic heterocycles. The zero-order valence-electron chi connectivity index (χ0n) is 16.4. The second-order valence-corrected chi connectivity index (χ2v) is 8.36. The van der Waals surface area contributed by atoms with Gasteiger partial charge in [-0.3, -0.25) is 19.1 Å². The number of hydrogen-bond acceptors (Lipinski definition) is 5. The molecule has 1 atom stereocenters. The van der Waals surface area contributed by atoms with E-state index in [2.05, 4.69) is 9.97 Å². The van der Waals surface area contributed by atoms with Crippen LogP contribution in [0, 0.1) is 5.92 Å². The Hall–Kier alpha value is -2.48. The number of nitrogens with two attached hydrogens (primary N) is 1. The molecule has 1 unspecified atom stereocenters.